The van der Waals surface area contributed by atoms with Gasteiger partial charge in [0.2, 0.25) is 5.91 Å². The maximum absolute atomic E-state index is 11.4. The molecule has 8 nitrogen and oxygen atoms in total. The number of nitrogens with zero attached hydrogens (tertiary/aromatic N) is 3. The monoisotopic (exact) mass is 266 g/mol. The molecule has 0 aromatic carbocycles. The minimum Gasteiger partial charge on any atom is -0.377 e. The van der Waals surface area contributed by atoms with Gasteiger partial charge in [0.05, 0.1) is 0 Å². The van der Waals surface area contributed by atoms with E-state index in [-0.39, 0.29) is 18.6 Å². The zero-order valence-corrected chi connectivity index (χ0v) is 10.8. The Bertz CT molecular complexity index is 466. The van der Waals surface area contributed by atoms with Crippen molar-refractivity contribution in [3.05, 3.63) is 11.9 Å². The molecular weight excluding hydrogens is 248 g/mol. The summed E-state index contributed by atoms with van der Waals surface area (Å²) in [5.41, 5.74) is 7.89. The van der Waals surface area contributed by atoms with Gasteiger partial charge in [0.15, 0.2) is 5.82 Å². The number of hydrazine groups is 1. The number of carbonyl (C=O) groups is 1. The maximum atomic E-state index is 11.4. The standard InChI is InChI=1S/C11H18N6O2/c1-19-6-9-14-8(16-13)5-10(15-9)17-4-2-3-7(17)11(12)18/h5,7H,2-4,6,13H2,1H3,(H2,12,18)(H,14,15,16). The van der Waals surface area contributed by atoms with Crippen LogP contribution in [0, 0.1) is 0 Å². The van der Waals surface area contributed by atoms with Gasteiger partial charge >= 0.3 is 0 Å². The lowest BCUT2D eigenvalue weighted by atomic mass is 10.2. The minimum atomic E-state index is -0.341. The third-order valence-corrected chi connectivity index (χ3v) is 3.06. The van der Waals surface area contributed by atoms with Gasteiger partial charge in [0.1, 0.15) is 24.3 Å². The van der Waals surface area contributed by atoms with E-state index in [0.717, 1.165) is 19.4 Å². The molecular formula is C11H18N6O2. The fourth-order valence-corrected chi connectivity index (χ4v) is 2.23. The number of rotatable bonds is 5. The predicted molar refractivity (Wildman–Crippen MR) is 70.1 cm³/mol. The third kappa shape index (κ3) is 2.91. The highest BCUT2D eigenvalue weighted by Gasteiger charge is 2.30. The van der Waals surface area contributed by atoms with Crippen molar-refractivity contribution >= 4 is 17.5 Å². The number of amides is 1. The number of anilines is 2. The minimum absolute atomic E-state index is 0.275. The lowest BCUT2D eigenvalue weighted by molar-refractivity contribution is -0.119. The largest absolute Gasteiger partial charge is 0.377 e. The number of primary amides is 1. The van der Waals surface area contributed by atoms with E-state index in [2.05, 4.69) is 15.4 Å². The molecule has 1 atom stereocenters. The quantitative estimate of drug-likeness (QED) is 0.479. The topological polar surface area (TPSA) is 119 Å². The molecule has 8 heteroatoms. The summed E-state index contributed by atoms with van der Waals surface area (Å²) in [6.07, 6.45) is 1.65. The van der Waals surface area contributed by atoms with Gasteiger partial charge < -0.3 is 20.8 Å². The summed E-state index contributed by atoms with van der Waals surface area (Å²) in [6, 6.07) is 1.37. The fourth-order valence-electron chi connectivity index (χ4n) is 2.23. The fraction of sp³-hybridized carbons (Fsp3) is 0.545. The van der Waals surface area contributed by atoms with Crippen LogP contribution in [0.4, 0.5) is 11.6 Å². The van der Waals surface area contributed by atoms with Crippen molar-refractivity contribution < 1.29 is 9.53 Å². The van der Waals surface area contributed by atoms with Gasteiger partial charge in [-0.1, -0.05) is 0 Å². The molecule has 5 N–H and O–H groups in total. The number of nitrogens with two attached hydrogens (primary N) is 2. The van der Waals surface area contributed by atoms with Gasteiger partial charge in [0, 0.05) is 19.7 Å². The van der Waals surface area contributed by atoms with Crippen LogP contribution in [-0.2, 0) is 16.1 Å². The van der Waals surface area contributed by atoms with Crippen molar-refractivity contribution in [3.63, 3.8) is 0 Å². The van der Waals surface area contributed by atoms with Crippen LogP contribution in [0.5, 0.6) is 0 Å². The summed E-state index contributed by atoms with van der Waals surface area (Å²) in [6.45, 7) is 1.01. The van der Waals surface area contributed by atoms with Crippen LogP contribution >= 0.6 is 0 Å². The first-order valence-corrected chi connectivity index (χ1v) is 6.05. The third-order valence-electron chi connectivity index (χ3n) is 3.06. The summed E-state index contributed by atoms with van der Waals surface area (Å²) in [5.74, 6) is 6.66. The molecule has 0 aliphatic carbocycles. The van der Waals surface area contributed by atoms with Gasteiger partial charge in [0.25, 0.3) is 0 Å². The number of nitrogen functional groups attached to an aromatic ring is 1. The van der Waals surface area contributed by atoms with E-state index in [4.69, 9.17) is 16.3 Å². The highest BCUT2D eigenvalue weighted by Crippen LogP contribution is 2.25. The number of aromatic nitrogens is 2. The van der Waals surface area contributed by atoms with Crippen molar-refractivity contribution in [1.29, 1.82) is 0 Å². The Morgan fingerprint density at radius 2 is 2.42 bits per heavy atom. The van der Waals surface area contributed by atoms with Crippen LogP contribution in [0.25, 0.3) is 0 Å². The van der Waals surface area contributed by atoms with Crippen molar-refractivity contribution in [3.8, 4) is 0 Å². The van der Waals surface area contributed by atoms with E-state index in [1.54, 1.807) is 13.2 Å². The molecule has 1 saturated heterocycles. The number of ether oxygens (including phenoxy) is 1. The molecule has 0 radical (unpaired) electrons. The number of hydrogen-bond donors (Lipinski definition) is 3. The van der Waals surface area contributed by atoms with Gasteiger partial charge in [-0.15, -0.1) is 0 Å². The Morgan fingerprint density at radius 3 is 3.05 bits per heavy atom. The molecule has 1 amide bonds. The molecule has 2 rings (SSSR count). The summed E-state index contributed by atoms with van der Waals surface area (Å²) in [4.78, 5) is 21.8. The van der Waals surface area contributed by atoms with E-state index >= 15 is 0 Å². The molecule has 19 heavy (non-hydrogen) atoms. The lowest BCUT2D eigenvalue weighted by Crippen LogP contribution is -2.41. The second kappa shape index (κ2) is 5.81. The van der Waals surface area contributed by atoms with Crippen molar-refractivity contribution in [2.75, 3.05) is 24.0 Å². The van der Waals surface area contributed by atoms with Crippen LogP contribution < -0.4 is 21.9 Å². The Labute approximate surface area is 111 Å². The molecule has 2 heterocycles. The first-order chi connectivity index (χ1) is 9.15. The van der Waals surface area contributed by atoms with Crippen LogP contribution in [0.3, 0.4) is 0 Å². The van der Waals surface area contributed by atoms with Gasteiger partial charge in [-0.3, -0.25) is 4.79 Å². The summed E-state index contributed by atoms with van der Waals surface area (Å²) in [5, 5.41) is 0. The zero-order chi connectivity index (χ0) is 13.8. The van der Waals surface area contributed by atoms with Crippen molar-refractivity contribution in [2.24, 2.45) is 11.6 Å². The molecule has 1 unspecified atom stereocenters. The first kappa shape index (κ1) is 13.5. The van der Waals surface area contributed by atoms with Crippen molar-refractivity contribution in [1.82, 2.24) is 9.97 Å². The molecule has 1 aromatic rings. The summed E-state index contributed by atoms with van der Waals surface area (Å²) in [7, 11) is 1.56. The molecule has 0 saturated carbocycles. The van der Waals surface area contributed by atoms with Crippen LogP contribution in [0.2, 0.25) is 0 Å². The highest BCUT2D eigenvalue weighted by atomic mass is 16.5. The SMILES string of the molecule is COCc1nc(NN)cc(N2CCCC2C(N)=O)n1. The molecule has 1 aliphatic rings. The van der Waals surface area contributed by atoms with Gasteiger partial charge in [-0.05, 0) is 12.8 Å². The molecule has 104 valence electrons. The van der Waals surface area contributed by atoms with Crippen LogP contribution in [0.15, 0.2) is 6.07 Å². The second-order valence-electron chi connectivity index (χ2n) is 4.36. The molecule has 1 fully saturated rings. The number of hydrogen-bond acceptors (Lipinski definition) is 7. The van der Waals surface area contributed by atoms with Crippen molar-refractivity contribution in [2.45, 2.75) is 25.5 Å². The highest BCUT2D eigenvalue weighted by molar-refractivity contribution is 5.84. The van der Waals surface area contributed by atoms with E-state index in [9.17, 15) is 4.79 Å². The first-order valence-electron chi connectivity index (χ1n) is 6.05. The number of nitrogens with one attached hydrogen (secondary N) is 1. The van der Waals surface area contributed by atoms with E-state index < -0.39 is 0 Å². The number of carbonyl (C=O) groups excluding carboxylic acids is 1. The Balaban J connectivity index is 2.32. The summed E-state index contributed by atoms with van der Waals surface area (Å²) < 4.78 is 5.02. The summed E-state index contributed by atoms with van der Waals surface area (Å²) >= 11 is 0. The normalized spacial score (nSPS) is 18.6. The Kier molecular flexibility index (Phi) is 4.13. The number of methoxy groups -OCH3 is 1. The smallest absolute Gasteiger partial charge is 0.240 e. The van der Waals surface area contributed by atoms with E-state index in [0.29, 0.717) is 17.5 Å². The second-order valence-corrected chi connectivity index (χ2v) is 4.36. The average molecular weight is 266 g/mol. The maximum Gasteiger partial charge on any atom is 0.240 e. The van der Waals surface area contributed by atoms with E-state index in [1.165, 1.54) is 0 Å². The van der Waals surface area contributed by atoms with E-state index in [1.807, 2.05) is 4.90 Å². The molecule has 0 bridgehead atoms. The molecule has 1 aromatic heterocycles. The van der Waals surface area contributed by atoms with Gasteiger partial charge in [-0.2, -0.15) is 0 Å². The predicted octanol–water partition coefficient (Wildman–Crippen LogP) is -0.637. The Hall–Kier alpha value is -1.93. The Morgan fingerprint density at radius 1 is 1.63 bits per heavy atom. The zero-order valence-electron chi connectivity index (χ0n) is 10.8. The molecule has 1 aliphatic heterocycles. The van der Waals surface area contributed by atoms with Gasteiger partial charge in [-0.25, -0.2) is 15.8 Å². The van der Waals surface area contributed by atoms with Crippen LogP contribution in [0.1, 0.15) is 18.7 Å². The molecule has 0 spiro atoms. The lowest BCUT2D eigenvalue weighted by Gasteiger charge is -2.23. The average Bonchev–Trinajstić information content (AvgIpc) is 2.88. The van der Waals surface area contributed by atoms with Crippen LogP contribution in [-0.4, -0.2) is 35.6 Å².